The van der Waals surface area contributed by atoms with Gasteiger partial charge >= 0.3 is 5.97 Å². The first kappa shape index (κ1) is 74.6. The van der Waals surface area contributed by atoms with Gasteiger partial charge in [-0.15, -0.1) is 0 Å². The Morgan fingerprint density at radius 1 is 0.355 bits per heavy atom. The van der Waals surface area contributed by atoms with Gasteiger partial charge in [0.2, 0.25) is 5.91 Å². The van der Waals surface area contributed by atoms with Crippen LogP contribution in [-0.4, -0.2) is 47.4 Å². The Bertz CT molecular complexity index is 1140. The maximum absolute atomic E-state index is 12.5. The zero-order valence-corrected chi connectivity index (χ0v) is 51.8. The number of aliphatic hydroxyl groups excluding tert-OH is 2. The average Bonchev–Trinajstić information content (AvgIpc) is 3.42. The second-order valence-electron chi connectivity index (χ2n) is 24.2. The van der Waals surface area contributed by atoms with Crippen LogP contribution >= 0.6 is 0 Å². The van der Waals surface area contributed by atoms with Crippen molar-refractivity contribution in [2.75, 3.05) is 13.2 Å². The highest BCUT2D eigenvalue weighted by Crippen LogP contribution is 2.19. The van der Waals surface area contributed by atoms with E-state index in [1.54, 1.807) is 0 Å². The third-order valence-electron chi connectivity index (χ3n) is 16.6. The number of esters is 1. The summed E-state index contributed by atoms with van der Waals surface area (Å²) in [5.41, 5.74) is 0. The Morgan fingerprint density at radius 3 is 0.934 bits per heavy atom. The van der Waals surface area contributed by atoms with E-state index in [2.05, 4.69) is 31.3 Å². The molecule has 2 unspecified atom stereocenters. The first-order valence-electron chi connectivity index (χ1n) is 34.9. The van der Waals surface area contributed by atoms with E-state index < -0.39 is 12.1 Å². The molecule has 1 amide bonds. The number of allylic oxidation sites excluding steroid dienone is 2. The number of amides is 1. The van der Waals surface area contributed by atoms with E-state index in [9.17, 15) is 19.8 Å². The molecular weight excluding hydrogens is 935 g/mol. The van der Waals surface area contributed by atoms with Crippen LogP contribution in [0, 0.1) is 0 Å². The Kier molecular flexibility index (Phi) is 64.9. The van der Waals surface area contributed by atoms with E-state index >= 15 is 0 Å². The molecule has 6 nitrogen and oxygen atoms in total. The SMILES string of the molecule is CCCCCCCCC/C=C\CCCCCCCC(=O)OCCCCCCCCCCCCCCCCCCCCCCCCCCCCCCC(=O)NC(CO)C(O)CCCCCCCCCCCCCCCCC. The highest BCUT2D eigenvalue weighted by Gasteiger charge is 2.20. The molecule has 0 radical (unpaired) electrons. The minimum atomic E-state index is -0.661. The summed E-state index contributed by atoms with van der Waals surface area (Å²) in [6, 6.07) is -0.538. The number of carbonyl (C=O) groups excluding carboxylic acids is 2. The van der Waals surface area contributed by atoms with Crippen LogP contribution in [0.3, 0.4) is 0 Å². The molecule has 0 saturated carbocycles. The molecule has 0 aliphatic heterocycles. The van der Waals surface area contributed by atoms with Crippen LogP contribution < -0.4 is 5.32 Å². The Hall–Kier alpha value is -1.40. The van der Waals surface area contributed by atoms with E-state index in [1.165, 1.54) is 321 Å². The number of unbranched alkanes of at least 4 members (excludes halogenated alkanes) is 53. The van der Waals surface area contributed by atoms with Crippen molar-refractivity contribution in [3.05, 3.63) is 12.2 Å². The van der Waals surface area contributed by atoms with E-state index in [-0.39, 0.29) is 18.5 Å². The number of ether oxygens (including phenoxy) is 1. The Morgan fingerprint density at radius 2 is 0.618 bits per heavy atom. The van der Waals surface area contributed by atoms with E-state index in [1.807, 2.05) is 0 Å². The van der Waals surface area contributed by atoms with Crippen LogP contribution in [0.2, 0.25) is 0 Å². The van der Waals surface area contributed by atoms with Crippen molar-refractivity contribution in [1.82, 2.24) is 5.32 Å². The zero-order valence-electron chi connectivity index (χ0n) is 51.8. The number of aliphatic hydroxyl groups is 2. The van der Waals surface area contributed by atoms with Gasteiger partial charge in [-0.3, -0.25) is 9.59 Å². The van der Waals surface area contributed by atoms with Gasteiger partial charge in [0.05, 0.1) is 25.4 Å². The molecular formula is C70H137NO5. The van der Waals surface area contributed by atoms with Gasteiger partial charge < -0.3 is 20.3 Å². The lowest BCUT2D eigenvalue weighted by Gasteiger charge is -2.22. The fraction of sp³-hybridized carbons (Fsp3) is 0.943. The second kappa shape index (κ2) is 66.1. The number of hydrogen-bond acceptors (Lipinski definition) is 5. The molecule has 6 heteroatoms. The van der Waals surface area contributed by atoms with Crippen LogP contribution in [0.25, 0.3) is 0 Å². The molecule has 76 heavy (non-hydrogen) atoms. The van der Waals surface area contributed by atoms with Gasteiger partial charge in [-0.1, -0.05) is 347 Å². The van der Waals surface area contributed by atoms with Crippen LogP contribution in [0.5, 0.6) is 0 Å². The molecule has 0 aliphatic carbocycles. The van der Waals surface area contributed by atoms with Crippen molar-refractivity contribution >= 4 is 11.9 Å². The molecule has 0 aromatic carbocycles. The third kappa shape index (κ3) is 61.8. The summed E-state index contributed by atoms with van der Waals surface area (Å²) in [6.07, 6.45) is 81.2. The minimum Gasteiger partial charge on any atom is -0.466 e. The number of rotatable bonds is 66. The normalized spacial score (nSPS) is 12.5. The smallest absolute Gasteiger partial charge is 0.305 e. The monoisotopic (exact) mass is 1070 g/mol. The Balaban J connectivity index is 3.33. The van der Waals surface area contributed by atoms with Gasteiger partial charge in [0.25, 0.3) is 0 Å². The second-order valence-corrected chi connectivity index (χ2v) is 24.2. The lowest BCUT2D eigenvalue weighted by Crippen LogP contribution is -2.45. The maximum Gasteiger partial charge on any atom is 0.305 e. The molecule has 0 bridgehead atoms. The van der Waals surface area contributed by atoms with E-state index in [4.69, 9.17) is 4.74 Å². The number of carbonyl (C=O) groups is 2. The lowest BCUT2D eigenvalue weighted by atomic mass is 10.0. The van der Waals surface area contributed by atoms with Crippen molar-refractivity contribution < 1.29 is 24.5 Å². The largest absolute Gasteiger partial charge is 0.466 e. The fourth-order valence-corrected chi connectivity index (χ4v) is 11.2. The van der Waals surface area contributed by atoms with E-state index in [0.29, 0.717) is 25.9 Å². The molecule has 0 aromatic heterocycles. The van der Waals surface area contributed by atoms with Crippen molar-refractivity contribution in [2.24, 2.45) is 0 Å². The first-order chi connectivity index (χ1) is 37.5. The van der Waals surface area contributed by atoms with E-state index in [0.717, 1.165) is 44.9 Å². The fourth-order valence-electron chi connectivity index (χ4n) is 11.2. The van der Waals surface area contributed by atoms with Gasteiger partial charge in [0, 0.05) is 12.8 Å². The molecule has 0 spiro atoms. The summed E-state index contributed by atoms with van der Waals surface area (Å²) in [5.74, 6) is -0.0163. The molecule has 2 atom stereocenters. The summed E-state index contributed by atoms with van der Waals surface area (Å²) >= 11 is 0. The van der Waals surface area contributed by atoms with Crippen molar-refractivity contribution in [1.29, 1.82) is 0 Å². The number of nitrogens with one attached hydrogen (secondary N) is 1. The highest BCUT2D eigenvalue weighted by molar-refractivity contribution is 5.76. The molecule has 3 N–H and O–H groups in total. The van der Waals surface area contributed by atoms with Gasteiger partial charge in [-0.05, 0) is 51.4 Å². The minimum absolute atomic E-state index is 0.0123. The highest BCUT2D eigenvalue weighted by atomic mass is 16.5. The van der Waals surface area contributed by atoms with Gasteiger partial charge in [0.15, 0.2) is 0 Å². The quantitative estimate of drug-likeness (QED) is 0.0320. The summed E-state index contributed by atoms with van der Waals surface area (Å²) in [4.78, 5) is 24.6. The lowest BCUT2D eigenvalue weighted by molar-refractivity contribution is -0.143. The Labute approximate surface area is 476 Å². The van der Waals surface area contributed by atoms with Gasteiger partial charge in [0.1, 0.15) is 0 Å². The topological polar surface area (TPSA) is 95.9 Å². The molecule has 0 aromatic rings. The van der Waals surface area contributed by atoms with Gasteiger partial charge in [-0.2, -0.15) is 0 Å². The van der Waals surface area contributed by atoms with Crippen LogP contribution in [0.1, 0.15) is 399 Å². The summed E-state index contributed by atoms with van der Waals surface area (Å²) < 4.78 is 5.50. The molecule has 0 rings (SSSR count). The summed E-state index contributed by atoms with van der Waals surface area (Å²) in [5, 5.41) is 23.3. The van der Waals surface area contributed by atoms with Gasteiger partial charge in [-0.25, -0.2) is 0 Å². The molecule has 452 valence electrons. The maximum atomic E-state index is 12.5. The van der Waals surface area contributed by atoms with Crippen LogP contribution in [0.15, 0.2) is 12.2 Å². The van der Waals surface area contributed by atoms with Crippen molar-refractivity contribution in [3.63, 3.8) is 0 Å². The van der Waals surface area contributed by atoms with Crippen molar-refractivity contribution in [2.45, 2.75) is 411 Å². The predicted octanol–water partition coefficient (Wildman–Crippen LogP) is 22.4. The summed E-state index contributed by atoms with van der Waals surface area (Å²) in [6.45, 7) is 4.99. The molecule has 0 saturated heterocycles. The van der Waals surface area contributed by atoms with Crippen LogP contribution in [0.4, 0.5) is 0 Å². The third-order valence-corrected chi connectivity index (χ3v) is 16.6. The molecule has 0 fully saturated rings. The first-order valence-corrected chi connectivity index (χ1v) is 34.9. The zero-order chi connectivity index (χ0) is 55.0. The van der Waals surface area contributed by atoms with Crippen LogP contribution in [-0.2, 0) is 14.3 Å². The number of hydrogen-bond donors (Lipinski definition) is 3. The van der Waals surface area contributed by atoms with Crippen molar-refractivity contribution in [3.8, 4) is 0 Å². The standard InChI is InChI=1S/C70H137NO5/c1-3-5-7-9-11-13-15-17-19-36-40-44-48-52-56-60-64-70(75)76-65-61-57-53-49-45-41-37-33-31-29-27-25-23-21-20-22-24-26-28-30-32-35-39-43-47-51-55-59-63-69(74)71-67(66-72)68(73)62-58-54-50-46-42-38-34-18-16-14-12-10-8-6-4-2/h19,36,67-68,72-73H,3-18,20-35,37-66H2,1-2H3,(H,71,74)/b36-19-. The molecule has 0 aliphatic rings. The average molecular weight is 1070 g/mol. The molecule has 0 heterocycles. The predicted molar refractivity (Wildman–Crippen MR) is 333 cm³/mol. The summed E-state index contributed by atoms with van der Waals surface area (Å²) in [7, 11) is 0.